The van der Waals surface area contributed by atoms with E-state index in [9.17, 15) is 13.2 Å². The molecule has 0 bridgehead atoms. The molecule has 4 heterocycles. The van der Waals surface area contributed by atoms with E-state index in [1.807, 2.05) is 12.3 Å². The maximum absolute atomic E-state index is 13.4. The molecule has 1 aliphatic rings. The SMILES string of the molecule is C[C@@H]1C[C@H](n2c(Cc3csnn3)nc3cnc4ccc(C(F)(F)F)cc4c32)CCO1.O=CO. The summed E-state index contributed by atoms with van der Waals surface area (Å²) in [5, 5.41) is 13.3. The molecule has 1 N–H and O–H groups in total. The normalized spacial score (nSPS) is 18.8. The molecule has 0 amide bonds. The van der Waals surface area contributed by atoms with Crippen molar-refractivity contribution in [1.82, 2.24) is 24.1 Å². The molecule has 1 aliphatic heterocycles. The van der Waals surface area contributed by atoms with Crippen LogP contribution in [-0.2, 0) is 22.1 Å². The van der Waals surface area contributed by atoms with Crippen LogP contribution in [0, 0.1) is 0 Å². The molecule has 1 fully saturated rings. The second kappa shape index (κ2) is 9.40. The Morgan fingerprint density at radius 1 is 1.33 bits per heavy atom. The lowest BCUT2D eigenvalue weighted by Gasteiger charge is -2.30. The predicted molar refractivity (Wildman–Crippen MR) is 115 cm³/mol. The van der Waals surface area contributed by atoms with Crippen molar-refractivity contribution < 1.29 is 27.8 Å². The molecular formula is C21H20F3N5O3S. The maximum Gasteiger partial charge on any atom is 0.416 e. The lowest BCUT2D eigenvalue weighted by atomic mass is 10.0. The van der Waals surface area contributed by atoms with Gasteiger partial charge < -0.3 is 14.4 Å². The molecule has 5 rings (SSSR count). The number of carbonyl (C=O) groups is 1. The predicted octanol–water partition coefficient (Wildman–Crippen LogP) is 4.49. The third kappa shape index (κ3) is 4.81. The minimum Gasteiger partial charge on any atom is -0.483 e. The summed E-state index contributed by atoms with van der Waals surface area (Å²) < 4.78 is 51.9. The van der Waals surface area contributed by atoms with Crippen LogP contribution in [0.5, 0.6) is 0 Å². The van der Waals surface area contributed by atoms with Gasteiger partial charge in [0.05, 0.1) is 41.0 Å². The molecule has 33 heavy (non-hydrogen) atoms. The van der Waals surface area contributed by atoms with Gasteiger partial charge in [0.1, 0.15) is 11.3 Å². The van der Waals surface area contributed by atoms with E-state index in [4.69, 9.17) is 19.6 Å². The number of ether oxygens (including phenoxy) is 1. The van der Waals surface area contributed by atoms with E-state index >= 15 is 0 Å². The molecular weight excluding hydrogens is 459 g/mol. The van der Waals surface area contributed by atoms with Crippen LogP contribution >= 0.6 is 11.5 Å². The fourth-order valence-electron chi connectivity index (χ4n) is 4.15. The molecule has 0 radical (unpaired) electrons. The topological polar surface area (TPSA) is 103 Å². The van der Waals surface area contributed by atoms with Crippen LogP contribution in [0.2, 0.25) is 0 Å². The molecule has 8 nitrogen and oxygen atoms in total. The van der Waals surface area contributed by atoms with Crippen LogP contribution in [0.4, 0.5) is 13.2 Å². The average molecular weight is 479 g/mol. The molecule has 0 aliphatic carbocycles. The number of hydrogen-bond donors (Lipinski definition) is 1. The molecule has 12 heteroatoms. The zero-order valence-electron chi connectivity index (χ0n) is 17.5. The van der Waals surface area contributed by atoms with Gasteiger partial charge in [-0.25, -0.2) is 4.98 Å². The van der Waals surface area contributed by atoms with E-state index in [1.165, 1.54) is 23.7 Å². The zero-order valence-corrected chi connectivity index (χ0v) is 18.3. The standard InChI is InChI=1S/C20H18F3N5OS.CH2O2/c1-11-6-14(4-5-29-11)28-18(8-13-10-30-27-26-13)25-17-9-24-16-3-2-12(20(21,22)23)7-15(16)19(17)28;2-1-3/h2-3,7,9-11,14H,4-6,8H2,1H3;1H,(H,2,3)/t11-,14-;/m1./s1. The number of aromatic nitrogens is 5. The van der Waals surface area contributed by atoms with Gasteiger partial charge in [-0.05, 0) is 49.5 Å². The summed E-state index contributed by atoms with van der Waals surface area (Å²) in [6.07, 6.45) is -0.750. The van der Waals surface area contributed by atoms with Gasteiger partial charge in [0.2, 0.25) is 0 Å². The van der Waals surface area contributed by atoms with Crippen LogP contribution in [0.25, 0.3) is 21.9 Å². The minimum absolute atomic E-state index is 0.0637. The van der Waals surface area contributed by atoms with Crippen molar-refractivity contribution in [2.45, 2.75) is 44.5 Å². The van der Waals surface area contributed by atoms with Gasteiger partial charge >= 0.3 is 6.18 Å². The molecule has 0 spiro atoms. The summed E-state index contributed by atoms with van der Waals surface area (Å²) in [5.41, 5.74) is 1.87. The summed E-state index contributed by atoms with van der Waals surface area (Å²) in [5.74, 6) is 0.753. The second-order valence-electron chi connectivity index (χ2n) is 7.66. The summed E-state index contributed by atoms with van der Waals surface area (Å²) >= 11 is 1.26. The van der Waals surface area contributed by atoms with Gasteiger partial charge in [-0.3, -0.25) is 9.78 Å². The first-order valence-corrected chi connectivity index (χ1v) is 11.0. The van der Waals surface area contributed by atoms with Crippen molar-refractivity contribution >= 4 is 39.9 Å². The Balaban J connectivity index is 0.000000821. The highest BCUT2D eigenvalue weighted by Crippen LogP contribution is 2.37. The van der Waals surface area contributed by atoms with Gasteiger partial charge in [-0.2, -0.15) is 13.2 Å². The van der Waals surface area contributed by atoms with E-state index in [1.54, 1.807) is 6.20 Å². The summed E-state index contributed by atoms with van der Waals surface area (Å²) in [7, 11) is 0. The van der Waals surface area contributed by atoms with E-state index in [0.717, 1.165) is 30.4 Å². The number of benzene rings is 1. The Kier molecular flexibility index (Phi) is 6.56. The van der Waals surface area contributed by atoms with Crippen molar-refractivity contribution in [3.63, 3.8) is 0 Å². The van der Waals surface area contributed by atoms with E-state index < -0.39 is 11.7 Å². The van der Waals surface area contributed by atoms with E-state index in [-0.39, 0.29) is 18.6 Å². The van der Waals surface area contributed by atoms with Gasteiger partial charge in [-0.15, -0.1) is 5.10 Å². The first-order valence-electron chi connectivity index (χ1n) is 10.1. The number of rotatable bonds is 3. The van der Waals surface area contributed by atoms with Crippen LogP contribution in [0.1, 0.15) is 42.9 Å². The van der Waals surface area contributed by atoms with Gasteiger partial charge in [0.25, 0.3) is 6.47 Å². The highest BCUT2D eigenvalue weighted by atomic mass is 32.1. The molecule has 0 unspecified atom stereocenters. The number of alkyl halides is 3. The second-order valence-corrected chi connectivity index (χ2v) is 8.27. The summed E-state index contributed by atoms with van der Waals surface area (Å²) in [6.45, 7) is 2.36. The van der Waals surface area contributed by atoms with Crippen molar-refractivity contribution in [1.29, 1.82) is 0 Å². The molecule has 174 valence electrons. The number of nitrogens with zero attached hydrogens (tertiary/aromatic N) is 5. The van der Waals surface area contributed by atoms with Crippen LogP contribution in [0.15, 0.2) is 29.8 Å². The zero-order chi connectivity index (χ0) is 23.6. The third-order valence-corrected chi connectivity index (χ3v) is 6.04. The van der Waals surface area contributed by atoms with Gasteiger partial charge in [0, 0.05) is 23.4 Å². The van der Waals surface area contributed by atoms with Crippen LogP contribution in [0.3, 0.4) is 0 Å². The number of hydrogen-bond acceptors (Lipinski definition) is 7. The van der Waals surface area contributed by atoms with Gasteiger partial charge in [0.15, 0.2) is 0 Å². The van der Waals surface area contributed by atoms with Gasteiger partial charge in [-0.1, -0.05) is 4.49 Å². The molecule has 1 aromatic carbocycles. The lowest BCUT2D eigenvalue weighted by molar-refractivity contribution is -0.137. The lowest BCUT2D eigenvalue weighted by Crippen LogP contribution is -2.26. The largest absolute Gasteiger partial charge is 0.483 e. The monoisotopic (exact) mass is 479 g/mol. The number of imidazole rings is 1. The Morgan fingerprint density at radius 3 is 2.79 bits per heavy atom. The highest BCUT2D eigenvalue weighted by Gasteiger charge is 2.32. The fraction of sp³-hybridized carbons (Fsp3) is 0.381. The Morgan fingerprint density at radius 2 is 2.12 bits per heavy atom. The first-order chi connectivity index (χ1) is 15.8. The molecule has 2 atom stereocenters. The van der Waals surface area contributed by atoms with Crippen molar-refractivity contribution in [3.8, 4) is 0 Å². The van der Waals surface area contributed by atoms with Crippen LogP contribution in [-0.4, -0.2) is 48.4 Å². The highest BCUT2D eigenvalue weighted by molar-refractivity contribution is 7.03. The van der Waals surface area contributed by atoms with Crippen LogP contribution < -0.4 is 0 Å². The molecule has 0 saturated carbocycles. The van der Waals surface area contributed by atoms with E-state index in [2.05, 4.69) is 19.1 Å². The Bertz CT molecular complexity index is 1260. The number of carboxylic acid groups (broad SMARTS) is 1. The number of pyridine rings is 1. The first kappa shape index (κ1) is 23.1. The summed E-state index contributed by atoms with van der Waals surface area (Å²) in [6, 6.07) is 3.74. The minimum atomic E-state index is -4.43. The van der Waals surface area contributed by atoms with Crippen molar-refractivity contribution in [2.75, 3.05) is 6.61 Å². The van der Waals surface area contributed by atoms with Crippen molar-refractivity contribution in [2.24, 2.45) is 0 Å². The third-order valence-electron chi connectivity index (χ3n) is 5.48. The molecule has 3 aromatic heterocycles. The molecule has 1 saturated heterocycles. The Labute approximate surface area is 190 Å². The number of fused-ring (bicyclic) bond motifs is 3. The number of halogens is 3. The smallest absolute Gasteiger partial charge is 0.416 e. The van der Waals surface area contributed by atoms with E-state index in [0.29, 0.717) is 35.0 Å². The summed E-state index contributed by atoms with van der Waals surface area (Å²) in [4.78, 5) is 17.5. The average Bonchev–Trinajstić information content (AvgIpc) is 3.41. The quantitative estimate of drug-likeness (QED) is 0.432. The fourth-order valence-corrected chi connectivity index (χ4v) is 4.60. The Hall–Kier alpha value is -3.12. The molecule has 4 aromatic rings. The van der Waals surface area contributed by atoms with Crippen molar-refractivity contribution in [3.05, 3.63) is 46.9 Å². The maximum atomic E-state index is 13.4.